The van der Waals surface area contributed by atoms with Crippen LogP contribution >= 0.6 is 35.0 Å². The number of thioether (sulfide) groups is 1. The van der Waals surface area contributed by atoms with Crippen LogP contribution in [0.5, 0.6) is 5.75 Å². The normalized spacial score (nSPS) is 14.9. The highest BCUT2D eigenvalue weighted by Gasteiger charge is 2.35. The molecular weight excluding hydrogens is 491 g/mol. The fraction of sp³-hybridized carbons (Fsp3) is 0.0833. The second kappa shape index (κ2) is 9.95. The van der Waals surface area contributed by atoms with Crippen LogP contribution in [0.4, 0.5) is 13.6 Å². The number of hydrogen-bond acceptors (Lipinski definition) is 4. The van der Waals surface area contributed by atoms with E-state index in [2.05, 4.69) is 0 Å². The molecule has 0 unspecified atom stereocenters. The van der Waals surface area contributed by atoms with Gasteiger partial charge in [-0.05, 0) is 65.4 Å². The van der Waals surface area contributed by atoms with Gasteiger partial charge in [-0.15, -0.1) is 0 Å². The number of benzene rings is 3. The molecule has 1 saturated heterocycles. The molecular formula is C24H15Cl2F2NO3S. The lowest BCUT2D eigenvalue weighted by atomic mass is 10.2. The first kappa shape index (κ1) is 23.3. The quantitative estimate of drug-likeness (QED) is 0.335. The Morgan fingerprint density at radius 3 is 2.52 bits per heavy atom. The van der Waals surface area contributed by atoms with E-state index in [0.717, 1.165) is 22.7 Å². The summed E-state index contributed by atoms with van der Waals surface area (Å²) < 4.78 is 32.9. The van der Waals surface area contributed by atoms with Crippen molar-refractivity contribution in [2.24, 2.45) is 0 Å². The van der Waals surface area contributed by atoms with Crippen LogP contribution in [0.1, 0.15) is 16.7 Å². The van der Waals surface area contributed by atoms with E-state index < -0.39 is 22.8 Å². The molecule has 33 heavy (non-hydrogen) atoms. The minimum atomic E-state index is -0.503. The van der Waals surface area contributed by atoms with Crippen LogP contribution in [-0.4, -0.2) is 16.0 Å². The predicted molar refractivity (Wildman–Crippen MR) is 125 cm³/mol. The predicted octanol–water partition coefficient (Wildman–Crippen LogP) is 7.09. The Morgan fingerprint density at radius 1 is 0.970 bits per heavy atom. The van der Waals surface area contributed by atoms with Gasteiger partial charge in [0.05, 0.1) is 16.5 Å². The lowest BCUT2D eigenvalue weighted by Crippen LogP contribution is -2.27. The van der Waals surface area contributed by atoms with Gasteiger partial charge in [0.2, 0.25) is 0 Å². The molecule has 0 aromatic heterocycles. The van der Waals surface area contributed by atoms with Crippen molar-refractivity contribution < 1.29 is 23.1 Å². The summed E-state index contributed by atoms with van der Waals surface area (Å²) in [5.41, 5.74) is 1.33. The first-order chi connectivity index (χ1) is 15.8. The van der Waals surface area contributed by atoms with Crippen molar-refractivity contribution in [1.29, 1.82) is 0 Å². The standard InChI is InChI=1S/C24H15Cl2F2NO3S/c25-19-5-2-6-21(28)18(19)13-32-17-4-1-3-14(9-17)10-22-23(30)29(24(31)33-22)12-15-7-8-16(27)11-20(15)26/h1-11H,12-13H2/b22-10-. The van der Waals surface area contributed by atoms with Gasteiger partial charge in [0.1, 0.15) is 24.0 Å². The molecule has 2 amide bonds. The molecule has 4 rings (SSSR count). The summed E-state index contributed by atoms with van der Waals surface area (Å²) in [6.45, 7) is -0.127. The van der Waals surface area contributed by atoms with E-state index in [0.29, 0.717) is 16.9 Å². The average molecular weight is 506 g/mol. The molecule has 0 aliphatic carbocycles. The van der Waals surface area contributed by atoms with Gasteiger partial charge in [0.15, 0.2) is 0 Å². The molecule has 1 fully saturated rings. The van der Waals surface area contributed by atoms with Crippen LogP contribution in [0.3, 0.4) is 0 Å². The summed E-state index contributed by atoms with van der Waals surface area (Å²) in [4.78, 5) is 26.5. The third-order valence-corrected chi connectivity index (χ3v) is 6.43. The Morgan fingerprint density at radius 2 is 1.76 bits per heavy atom. The largest absolute Gasteiger partial charge is 0.489 e. The summed E-state index contributed by atoms with van der Waals surface area (Å²) in [5, 5.41) is -0.0489. The first-order valence-corrected chi connectivity index (χ1v) is 11.2. The zero-order valence-electron chi connectivity index (χ0n) is 16.9. The maximum atomic E-state index is 13.9. The van der Waals surface area contributed by atoms with Crippen molar-refractivity contribution in [2.75, 3.05) is 0 Å². The number of amides is 2. The van der Waals surface area contributed by atoms with Crippen molar-refractivity contribution in [3.8, 4) is 5.75 Å². The summed E-state index contributed by atoms with van der Waals surface area (Å²) in [7, 11) is 0. The van der Waals surface area contributed by atoms with Crippen LogP contribution in [0.15, 0.2) is 65.6 Å². The number of halogens is 4. The monoisotopic (exact) mass is 505 g/mol. The number of nitrogens with zero attached hydrogens (tertiary/aromatic N) is 1. The minimum Gasteiger partial charge on any atom is -0.489 e. The number of ether oxygens (including phenoxy) is 1. The Balaban J connectivity index is 1.48. The molecule has 3 aromatic carbocycles. The van der Waals surface area contributed by atoms with Crippen LogP contribution in [0.2, 0.25) is 10.0 Å². The Bertz CT molecular complexity index is 1260. The van der Waals surface area contributed by atoms with Crippen LogP contribution in [-0.2, 0) is 17.9 Å². The summed E-state index contributed by atoms with van der Waals surface area (Å²) >= 11 is 12.8. The maximum absolute atomic E-state index is 13.9. The Kier molecular flexibility index (Phi) is 7.02. The molecule has 1 aliphatic heterocycles. The van der Waals surface area contributed by atoms with Crippen LogP contribution < -0.4 is 4.74 Å². The van der Waals surface area contributed by atoms with Gasteiger partial charge >= 0.3 is 0 Å². The van der Waals surface area contributed by atoms with E-state index in [1.165, 1.54) is 24.3 Å². The van der Waals surface area contributed by atoms with E-state index in [-0.39, 0.29) is 33.7 Å². The molecule has 9 heteroatoms. The lowest BCUT2D eigenvalue weighted by molar-refractivity contribution is -0.123. The molecule has 4 nitrogen and oxygen atoms in total. The molecule has 1 heterocycles. The highest BCUT2D eigenvalue weighted by Crippen LogP contribution is 2.34. The van der Waals surface area contributed by atoms with Gasteiger partial charge in [-0.25, -0.2) is 8.78 Å². The number of rotatable bonds is 6. The SMILES string of the molecule is O=C1S/C(=C\c2cccc(OCc3c(F)cccc3Cl)c2)C(=O)N1Cc1ccc(F)cc1Cl. The highest BCUT2D eigenvalue weighted by molar-refractivity contribution is 8.18. The topological polar surface area (TPSA) is 46.6 Å². The molecule has 0 spiro atoms. The molecule has 168 valence electrons. The zero-order valence-corrected chi connectivity index (χ0v) is 19.2. The average Bonchev–Trinajstić information content (AvgIpc) is 3.03. The summed E-state index contributed by atoms with van der Waals surface area (Å²) in [6.07, 6.45) is 1.57. The van der Waals surface area contributed by atoms with Gasteiger partial charge in [-0.1, -0.05) is 47.5 Å². The Labute approximate surface area is 202 Å². The Hall–Kier alpha value is -2.87. The van der Waals surface area contributed by atoms with Gasteiger partial charge in [0, 0.05) is 10.6 Å². The number of imide groups is 1. The molecule has 0 radical (unpaired) electrons. The minimum absolute atomic E-state index is 0.0618. The van der Waals surface area contributed by atoms with Gasteiger partial charge in [-0.3, -0.25) is 14.5 Å². The molecule has 0 atom stereocenters. The third-order valence-electron chi connectivity index (χ3n) is 4.82. The van der Waals surface area contributed by atoms with Crippen molar-refractivity contribution in [3.05, 3.63) is 104 Å². The molecule has 0 bridgehead atoms. The van der Waals surface area contributed by atoms with Gasteiger partial charge < -0.3 is 4.74 Å². The van der Waals surface area contributed by atoms with Crippen molar-refractivity contribution >= 4 is 52.2 Å². The number of hydrogen-bond donors (Lipinski definition) is 0. The van der Waals surface area contributed by atoms with E-state index in [4.69, 9.17) is 27.9 Å². The zero-order chi connectivity index (χ0) is 23.5. The third kappa shape index (κ3) is 5.38. The smallest absolute Gasteiger partial charge is 0.293 e. The summed E-state index contributed by atoms with van der Waals surface area (Å²) in [6, 6.07) is 15.0. The van der Waals surface area contributed by atoms with E-state index >= 15 is 0 Å². The summed E-state index contributed by atoms with van der Waals surface area (Å²) in [5.74, 6) is -0.999. The van der Waals surface area contributed by atoms with Gasteiger partial charge in [0.25, 0.3) is 11.1 Å². The maximum Gasteiger partial charge on any atom is 0.293 e. The second-order valence-corrected chi connectivity index (χ2v) is 8.87. The van der Waals surface area contributed by atoms with Crippen LogP contribution in [0, 0.1) is 11.6 Å². The fourth-order valence-electron chi connectivity index (χ4n) is 3.13. The fourth-order valence-corrected chi connectivity index (χ4v) is 4.41. The first-order valence-electron chi connectivity index (χ1n) is 9.67. The van der Waals surface area contributed by atoms with Crippen molar-refractivity contribution in [3.63, 3.8) is 0 Å². The second-order valence-electron chi connectivity index (χ2n) is 7.06. The van der Waals surface area contributed by atoms with E-state index in [9.17, 15) is 18.4 Å². The molecule has 1 aliphatic rings. The molecule has 0 saturated carbocycles. The van der Waals surface area contributed by atoms with Gasteiger partial charge in [-0.2, -0.15) is 0 Å². The number of carbonyl (C=O) groups excluding carboxylic acids is 2. The van der Waals surface area contributed by atoms with Crippen LogP contribution in [0.25, 0.3) is 6.08 Å². The van der Waals surface area contributed by atoms with Crippen molar-refractivity contribution in [2.45, 2.75) is 13.2 Å². The van der Waals surface area contributed by atoms with E-state index in [1.807, 2.05) is 0 Å². The molecule has 3 aromatic rings. The van der Waals surface area contributed by atoms with Crippen molar-refractivity contribution in [1.82, 2.24) is 4.90 Å². The molecule has 0 N–H and O–H groups in total. The highest BCUT2D eigenvalue weighted by atomic mass is 35.5. The number of carbonyl (C=O) groups is 2. The van der Waals surface area contributed by atoms with E-state index in [1.54, 1.807) is 36.4 Å². The lowest BCUT2D eigenvalue weighted by Gasteiger charge is -2.13.